The van der Waals surface area contributed by atoms with Crippen LogP contribution in [0.15, 0.2) is 12.2 Å². The molecule has 1 unspecified atom stereocenters. The predicted molar refractivity (Wildman–Crippen MR) is 43.6 cm³/mol. The first kappa shape index (κ1) is 7.76. The molecule has 2 N–H and O–H groups in total. The van der Waals surface area contributed by atoms with Gasteiger partial charge in [0, 0.05) is 12.6 Å². The van der Waals surface area contributed by atoms with E-state index in [4.69, 9.17) is 0 Å². The largest absolute Gasteiger partial charge is 0.258 e. The fourth-order valence-electron chi connectivity index (χ4n) is 1.17. The summed E-state index contributed by atoms with van der Waals surface area (Å²) >= 11 is 0. The van der Waals surface area contributed by atoms with Crippen LogP contribution in [0.5, 0.6) is 0 Å². The van der Waals surface area contributed by atoms with Gasteiger partial charge < -0.3 is 0 Å². The first-order chi connectivity index (χ1) is 4.93. The maximum Gasteiger partial charge on any atom is 0.0250 e. The quantitative estimate of drug-likeness (QED) is 0.455. The van der Waals surface area contributed by atoms with Crippen LogP contribution in [-0.2, 0) is 0 Å². The van der Waals surface area contributed by atoms with Gasteiger partial charge in [0.05, 0.1) is 0 Å². The number of rotatable bonds is 3. The molecule has 0 aromatic rings. The first-order valence-electron chi connectivity index (χ1n) is 4.07. The van der Waals surface area contributed by atoms with Gasteiger partial charge in [-0.25, -0.2) is 0 Å². The second kappa shape index (κ2) is 4.47. The van der Waals surface area contributed by atoms with Gasteiger partial charge in [0.1, 0.15) is 0 Å². The molecule has 0 amide bonds. The molecule has 0 aliphatic heterocycles. The molecule has 58 valence electrons. The minimum atomic E-state index is 0.657. The van der Waals surface area contributed by atoms with Gasteiger partial charge in [-0.15, -0.1) is 0 Å². The van der Waals surface area contributed by atoms with Crippen LogP contribution in [-0.4, -0.2) is 12.6 Å². The van der Waals surface area contributed by atoms with Crippen molar-refractivity contribution < 1.29 is 0 Å². The zero-order valence-electron chi connectivity index (χ0n) is 6.56. The van der Waals surface area contributed by atoms with E-state index in [2.05, 4.69) is 29.9 Å². The van der Waals surface area contributed by atoms with Crippen molar-refractivity contribution in [2.24, 2.45) is 0 Å². The lowest BCUT2D eigenvalue weighted by atomic mass is 10.0. The Kier molecular flexibility index (Phi) is 3.47. The average Bonchev–Trinajstić information content (AvgIpc) is 2.03. The molecule has 10 heavy (non-hydrogen) atoms. The van der Waals surface area contributed by atoms with Crippen LogP contribution in [0.4, 0.5) is 0 Å². The molecule has 0 bridgehead atoms. The Morgan fingerprint density at radius 2 is 2.40 bits per heavy atom. The molecule has 0 fully saturated rings. The number of hydrogen-bond acceptors (Lipinski definition) is 2. The SMILES string of the molecule is CCNNC1CC=CCC1. The van der Waals surface area contributed by atoms with E-state index in [1.807, 2.05) is 0 Å². The molecule has 0 radical (unpaired) electrons. The van der Waals surface area contributed by atoms with Crippen molar-refractivity contribution in [2.75, 3.05) is 6.54 Å². The lowest BCUT2D eigenvalue weighted by Gasteiger charge is -2.18. The third-order valence-electron chi connectivity index (χ3n) is 1.75. The van der Waals surface area contributed by atoms with Crippen LogP contribution in [0.3, 0.4) is 0 Å². The van der Waals surface area contributed by atoms with E-state index in [1.165, 1.54) is 19.3 Å². The highest BCUT2D eigenvalue weighted by Gasteiger charge is 2.06. The lowest BCUT2D eigenvalue weighted by molar-refractivity contribution is 0.412. The van der Waals surface area contributed by atoms with Crippen molar-refractivity contribution in [1.82, 2.24) is 10.9 Å². The monoisotopic (exact) mass is 140 g/mol. The Morgan fingerprint density at radius 3 is 3.00 bits per heavy atom. The van der Waals surface area contributed by atoms with Gasteiger partial charge >= 0.3 is 0 Å². The molecule has 1 rings (SSSR count). The first-order valence-corrected chi connectivity index (χ1v) is 4.07. The van der Waals surface area contributed by atoms with Crippen molar-refractivity contribution in [1.29, 1.82) is 0 Å². The van der Waals surface area contributed by atoms with Crippen molar-refractivity contribution in [3.8, 4) is 0 Å². The number of allylic oxidation sites excluding steroid dienone is 1. The summed E-state index contributed by atoms with van der Waals surface area (Å²) in [4.78, 5) is 0. The Labute approximate surface area is 62.7 Å². The minimum absolute atomic E-state index is 0.657. The molecule has 1 atom stereocenters. The smallest absolute Gasteiger partial charge is 0.0250 e. The summed E-state index contributed by atoms with van der Waals surface area (Å²) in [5.74, 6) is 0. The number of hydrogen-bond donors (Lipinski definition) is 2. The predicted octanol–water partition coefficient (Wildman–Crippen LogP) is 1.21. The van der Waals surface area contributed by atoms with E-state index >= 15 is 0 Å². The number of hydrazine groups is 1. The van der Waals surface area contributed by atoms with Crippen molar-refractivity contribution in [3.05, 3.63) is 12.2 Å². The molecular weight excluding hydrogens is 124 g/mol. The summed E-state index contributed by atoms with van der Waals surface area (Å²) in [6, 6.07) is 0.657. The second-order valence-electron chi connectivity index (χ2n) is 2.66. The van der Waals surface area contributed by atoms with Gasteiger partial charge in [-0.1, -0.05) is 19.1 Å². The molecule has 0 aromatic heterocycles. The Bertz CT molecular complexity index is 110. The standard InChI is InChI=1S/C8H16N2/c1-2-9-10-8-6-4-3-5-7-8/h3-4,8-10H,2,5-7H2,1H3. The molecule has 2 nitrogen and oxygen atoms in total. The summed E-state index contributed by atoms with van der Waals surface area (Å²) in [5, 5.41) is 0. The van der Waals surface area contributed by atoms with Gasteiger partial charge in [-0.2, -0.15) is 0 Å². The third-order valence-corrected chi connectivity index (χ3v) is 1.75. The highest BCUT2D eigenvalue weighted by Crippen LogP contribution is 2.08. The van der Waals surface area contributed by atoms with Gasteiger partial charge in [-0.3, -0.25) is 10.9 Å². The summed E-state index contributed by atoms with van der Waals surface area (Å²) in [7, 11) is 0. The van der Waals surface area contributed by atoms with Crippen LogP contribution in [0.1, 0.15) is 26.2 Å². The van der Waals surface area contributed by atoms with Gasteiger partial charge in [-0.05, 0) is 19.3 Å². The maximum atomic E-state index is 3.27. The van der Waals surface area contributed by atoms with Crippen LogP contribution in [0.2, 0.25) is 0 Å². The van der Waals surface area contributed by atoms with Gasteiger partial charge in [0.25, 0.3) is 0 Å². The molecule has 0 spiro atoms. The van der Waals surface area contributed by atoms with Crippen LogP contribution < -0.4 is 10.9 Å². The van der Waals surface area contributed by atoms with Crippen LogP contribution in [0.25, 0.3) is 0 Å². The Hall–Kier alpha value is -0.340. The summed E-state index contributed by atoms with van der Waals surface area (Å²) in [5.41, 5.74) is 6.40. The molecule has 1 aliphatic carbocycles. The summed E-state index contributed by atoms with van der Waals surface area (Å²) in [6.07, 6.45) is 8.17. The zero-order valence-corrected chi connectivity index (χ0v) is 6.56. The van der Waals surface area contributed by atoms with E-state index in [-0.39, 0.29) is 0 Å². The fraction of sp³-hybridized carbons (Fsp3) is 0.750. The maximum absolute atomic E-state index is 3.27. The summed E-state index contributed by atoms with van der Waals surface area (Å²) in [6.45, 7) is 3.10. The van der Waals surface area contributed by atoms with Crippen LogP contribution >= 0.6 is 0 Å². The Balaban J connectivity index is 2.10. The Morgan fingerprint density at radius 1 is 1.50 bits per heavy atom. The van der Waals surface area contributed by atoms with E-state index < -0.39 is 0 Å². The minimum Gasteiger partial charge on any atom is -0.258 e. The van der Waals surface area contributed by atoms with E-state index in [0.717, 1.165) is 6.54 Å². The van der Waals surface area contributed by atoms with E-state index in [9.17, 15) is 0 Å². The lowest BCUT2D eigenvalue weighted by Crippen LogP contribution is -2.40. The molecule has 0 saturated carbocycles. The molecule has 0 saturated heterocycles. The third kappa shape index (κ3) is 2.50. The average molecular weight is 140 g/mol. The molecular formula is C8H16N2. The topological polar surface area (TPSA) is 24.1 Å². The zero-order chi connectivity index (χ0) is 7.23. The highest BCUT2D eigenvalue weighted by molar-refractivity contribution is 4.92. The molecule has 2 heteroatoms. The van der Waals surface area contributed by atoms with Crippen molar-refractivity contribution >= 4 is 0 Å². The van der Waals surface area contributed by atoms with E-state index in [0.29, 0.717) is 6.04 Å². The molecule has 0 heterocycles. The highest BCUT2D eigenvalue weighted by atomic mass is 15.4. The number of nitrogens with one attached hydrogen (secondary N) is 2. The van der Waals surface area contributed by atoms with Gasteiger partial charge in [0.2, 0.25) is 0 Å². The normalized spacial score (nSPS) is 25.1. The van der Waals surface area contributed by atoms with Crippen molar-refractivity contribution in [3.63, 3.8) is 0 Å². The molecule has 0 aromatic carbocycles. The fourth-order valence-corrected chi connectivity index (χ4v) is 1.17. The summed E-state index contributed by atoms with van der Waals surface area (Å²) < 4.78 is 0. The molecule has 1 aliphatic rings. The van der Waals surface area contributed by atoms with E-state index in [1.54, 1.807) is 0 Å². The van der Waals surface area contributed by atoms with Gasteiger partial charge in [0.15, 0.2) is 0 Å². The van der Waals surface area contributed by atoms with Crippen molar-refractivity contribution in [2.45, 2.75) is 32.2 Å². The second-order valence-corrected chi connectivity index (χ2v) is 2.66. The van der Waals surface area contributed by atoms with Crippen LogP contribution in [0, 0.1) is 0 Å².